The molecule has 0 bridgehead atoms. The summed E-state index contributed by atoms with van der Waals surface area (Å²) in [5.41, 5.74) is 1.42. The first kappa shape index (κ1) is 24.2. The SMILES string of the molecule is COC(=O)[C@@H](NC(=O)OCc1ccccc1)[C@H](NC(=O)OCc1ccccc1)C(=O)OC. The van der Waals surface area contributed by atoms with Crippen LogP contribution < -0.4 is 10.6 Å². The molecule has 0 radical (unpaired) electrons. The number of carbonyl (C=O) groups is 4. The minimum absolute atomic E-state index is 0.0734. The molecule has 2 rings (SSSR count). The molecule has 0 saturated carbocycles. The fourth-order valence-corrected chi connectivity index (χ4v) is 2.59. The summed E-state index contributed by atoms with van der Waals surface area (Å²) < 4.78 is 19.5. The molecule has 0 spiro atoms. The van der Waals surface area contributed by atoms with Gasteiger partial charge in [0.2, 0.25) is 0 Å². The van der Waals surface area contributed by atoms with Crippen LogP contribution in [0.2, 0.25) is 0 Å². The molecule has 2 N–H and O–H groups in total. The van der Waals surface area contributed by atoms with Crippen molar-refractivity contribution in [2.45, 2.75) is 25.3 Å². The van der Waals surface area contributed by atoms with E-state index in [4.69, 9.17) is 9.47 Å². The Morgan fingerprint density at radius 1 is 0.656 bits per heavy atom. The highest BCUT2D eigenvalue weighted by Gasteiger charge is 2.39. The smallest absolute Gasteiger partial charge is 0.408 e. The quantitative estimate of drug-likeness (QED) is 0.443. The first-order valence-electron chi connectivity index (χ1n) is 9.54. The average Bonchev–Trinajstić information content (AvgIpc) is 2.83. The molecule has 170 valence electrons. The number of amides is 2. The molecule has 2 atom stereocenters. The molecule has 32 heavy (non-hydrogen) atoms. The minimum Gasteiger partial charge on any atom is -0.467 e. The maximum Gasteiger partial charge on any atom is 0.408 e. The number of carbonyl (C=O) groups excluding carboxylic acids is 4. The maximum atomic E-state index is 12.3. The molecule has 0 aliphatic rings. The number of hydrogen-bond acceptors (Lipinski definition) is 8. The van der Waals surface area contributed by atoms with E-state index in [-0.39, 0.29) is 13.2 Å². The Labute approximate surface area is 184 Å². The number of methoxy groups -OCH3 is 2. The van der Waals surface area contributed by atoms with Gasteiger partial charge in [0.15, 0.2) is 12.1 Å². The molecule has 0 aliphatic heterocycles. The van der Waals surface area contributed by atoms with Crippen LogP contribution in [0.15, 0.2) is 60.7 Å². The lowest BCUT2D eigenvalue weighted by Gasteiger charge is -2.24. The van der Waals surface area contributed by atoms with Crippen molar-refractivity contribution >= 4 is 24.1 Å². The van der Waals surface area contributed by atoms with Gasteiger partial charge in [-0.3, -0.25) is 0 Å². The van der Waals surface area contributed by atoms with Gasteiger partial charge in [0.1, 0.15) is 13.2 Å². The number of rotatable bonds is 9. The molecule has 0 fully saturated rings. The summed E-state index contributed by atoms with van der Waals surface area (Å²) >= 11 is 0. The van der Waals surface area contributed by atoms with Gasteiger partial charge in [0.05, 0.1) is 14.2 Å². The monoisotopic (exact) mass is 444 g/mol. The van der Waals surface area contributed by atoms with Gasteiger partial charge in [-0.1, -0.05) is 60.7 Å². The molecule has 0 aliphatic carbocycles. The molecule has 2 aromatic carbocycles. The number of esters is 2. The van der Waals surface area contributed by atoms with Gasteiger partial charge in [0, 0.05) is 0 Å². The van der Waals surface area contributed by atoms with Crippen LogP contribution in [-0.2, 0) is 41.8 Å². The number of nitrogens with one attached hydrogen (secondary N) is 2. The lowest BCUT2D eigenvalue weighted by atomic mass is 10.1. The van der Waals surface area contributed by atoms with E-state index in [1.165, 1.54) is 0 Å². The normalized spacial score (nSPS) is 11.9. The summed E-state index contributed by atoms with van der Waals surface area (Å²) in [5, 5.41) is 4.45. The van der Waals surface area contributed by atoms with Crippen molar-refractivity contribution in [2.75, 3.05) is 14.2 Å². The minimum atomic E-state index is -1.63. The van der Waals surface area contributed by atoms with Crippen molar-refractivity contribution in [1.29, 1.82) is 0 Å². The second-order valence-electron chi connectivity index (χ2n) is 6.41. The lowest BCUT2D eigenvalue weighted by molar-refractivity contribution is -0.151. The van der Waals surface area contributed by atoms with Crippen molar-refractivity contribution < 1.29 is 38.1 Å². The fourth-order valence-electron chi connectivity index (χ4n) is 2.59. The third kappa shape index (κ3) is 7.63. The second-order valence-corrected chi connectivity index (χ2v) is 6.41. The molecule has 0 saturated heterocycles. The zero-order valence-electron chi connectivity index (χ0n) is 17.6. The Balaban J connectivity index is 2.04. The molecule has 2 amide bonds. The van der Waals surface area contributed by atoms with Crippen LogP contribution in [0, 0.1) is 0 Å². The van der Waals surface area contributed by atoms with Crippen LogP contribution in [0.3, 0.4) is 0 Å². The standard InChI is InChI=1S/C22H24N2O8/c1-29-19(25)17(23-21(27)31-13-15-9-5-3-6-10-15)18(20(26)30-2)24-22(28)32-14-16-11-7-4-8-12-16/h3-12,17-18H,13-14H2,1-2H3,(H,23,27)(H,24,28)/t17-,18-/m0/s1. The highest BCUT2D eigenvalue weighted by molar-refractivity contribution is 5.92. The Bertz CT molecular complexity index is 829. The van der Waals surface area contributed by atoms with Crippen molar-refractivity contribution in [3.05, 3.63) is 71.8 Å². The van der Waals surface area contributed by atoms with E-state index in [9.17, 15) is 19.2 Å². The van der Waals surface area contributed by atoms with Gasteiger partial charge in [-0.05, 0) is 11.1 Å². The molecule has 10 nitrogen and oxygen atoms in total. The maximum absolute atomic E-state index is 12.3. The summed E-state index contributed by atoms with van der Waals surface area (Å²) in [4.78, 5) is 48.9. The Kier molecular flexibility index (Phi) is 9.51. The van der Waals surface area contributed by atoms with Gasteiger partial charge in [-0.15, -0.1) is 0 Å². The predicted molar refractivity (Wildman–Crippen MR) is 111 cm³/mol. The van der Waals surface area contributed by atoms with Crippen molar-refractivity contribution in [3.63, 3.8) is 0 Å². The van der Waals surface area contributed by atoms with Crippen LogP contribution in [0.5, 0.6) is 0 Å². The first-order chi connectivity index (χ1) is 15.4. The molecule has 10 heteroatoms. The number of hydrogen-bond donors (Lipinski definition) is 2. The third-order valence-electron chi connectivity index (χ3n) is 4.22. The number of benzene rings is 2. The Morgan fingerprint density at radius 3 is 1.31 bits per heavy atom. The number of ether oxygens (including phenoxy) is 4. The number of alkyl carbamates (subject to hydrolysis) is 2. The van der Waals surface area contributed by atoms with Crippen molar-refractivity contribution in [3.8, 4) is 0 Å². The fraction of sp³-hybridized carbons (Fsp3) is 0.273. The van der Waals surface area contributed by atoms with Gasteiger partial charge >= 0.3 is 24.1 Å². The average molecular weight is 444 g/mol. The van der Waals surface area contributed by atoms with E-state index in [2.05, 4.69) is 20.1 Å². The van der Waals surface area contributed by atoms with Crippen molar-refractivity contribution in [2.24, 2.45) is 0 Å². The van der Waals surface area contributed by atoms with Crippen LogP contribution >= 0.6 is 0 Å². The van der Waals surface area contributed by atoms with E-state index in [0.717, 1.165) is 14.2 Å². The largest absolute Gasteiger partial charge is 0.467 e. The second kappa shape index (κ2) is 12.6. The van der Waals surface area contributed by atoms with E-state index in [0.29, 0.717) is 11.1 Å². The summed E-state index contributed by atoms with van der Waals surface area (Å²) in [6.07, 6.45) is -2.00. The van der Waals surface area contributed by atoms with Gasteiger partial charge in [-0.25, -0.2) is 19.2 Å². The third-order valence-corrected chi connectivity index (χ3v) is 4.22. The van der Waals surface area contributed by atoms with Crippen LogP contribution in [-0.4, -0.2) is 50.4 Å². The summed E-state index contributed by atoms with van der Waals surface area (Å²) in [5.74, 6) is -2.00. The van der Waals surface area contributed by atoms with E-state index < -0.39 is 36.2 Å². The predicted octanol–water partition coefficient (Wildman–Crippen LogP) is 1.92. The Hall–Kier alpha value is -4.08. The lowest BCUT2D eigenvalue weighted by Crippen LogP contribution is -2.59. The van der Waals surface area contributed by atoms with E-state index in [1.807, 2.05) is 0 Å². The van der Waals surface area contributed by atoms with Crippen molar-refractivity contribution in [1.82, 2.24) is 10.6 Å². The molecule has 0 heterocycles. The van der Waals surface area contributed by atoms with Crippen LogP contribution in [0.25, 0.3) is 0 Å². The van der Waals surface area contributed by atoms with E-state index >= 15 is 0 Å². The first-order valence-corrected chi connectivity index (χ1v) is 9.54. The summed E-state index contributed by atoms with van der Waals surface area (Å²) in [7, 11) is 2.13. The summed E-state index contributed by atoms with van der Waals surface area (Å²) in [6.45, 7) is -0.147. The van der Waals surface area contributed by atoms with Crippen LogP contribution in [0.4, 0.5) is 9.59 Å². The topological polar surface area (TPSA) is 129 Å². The van der Waals surface area contributed by atoms with Gasteiger partial charge < -0.3 is 29.6 Å². The molecule has 0 aromatic heterocycles. The van der Waals surface area contributed by atoms with Gasteiger partial charge in [-0.2, -0.15) is 0 Å². The molecule has 2 aromatic rings. The molecule has 0 unspecified atom stereocenters. The molecular weight excluding hydrogens is 420 g/mol. The zero-order chi connectivity index (χ0) is 23.3. The van der Waals surface area contributed by atoms with E-state index in [1.54, 1.807) is 60.7 Å². The Morgan fingerprint density at radius 2 is 1.00 bits per heavy atom. The zero-order valence-corrected chi connectivity index (χ0v) is 17.6. The highest BCUT2D eigenvalue weighted by Crippen LogP contribution is 2.06. The summed E-state index contributed by atoms with van der Waals surface area (Å²) in [6, 6.07) is 14.4. The molecular formula is C22H24N2O8. The highest BCUT2D eigenvalue weighted by atomic mass is 16.6. The van der Waals surface area contributed by atoms with Crippen LogP contribution in [0.1, 0.15) is 11.1 Å². The van der Waals surface area contributed by atoms with Gasteiger partial charge in [0.25, 0.3) is 0 Å².